The molecule has 0 saturated carbocycles. The zero-order chi connectivity index (χ0) is 13.8. The van der Waals surface area contributed by atoms with E-state index in [0.29, 0.717) is 22.1 Å². The fourth-order valence-electron chi connectivity index (χ4n) is 1.58. The Balaban J connectivity index is 2.03. The van der Waals surface area contributed by atoms with Gasteiger partial charge >= 0.3 is 6.03 Å². The largest absolute Gasteiger partial charge is 0.399 e. The number of rotatable bonds is 2. The van der Waals surface area contributed by atoms with Crippen molar-refractivity contribution in [1.29, 1.82) is 0 Å². The first-order chi connectivity index (χ1) is 9.04. The van der Waals surface area contributed by atoms with Crippen LogP contribution in [0.5, 0.6) is 0 Å². The highest BCUT2D eigenvalue weighted by molar-refractivity contribution is 6.31. The molecule has 2 aromatic rings. The molecule has 0 bridgehead atoms. The topological polar surface area (TPSA) is 67.2 Å². The average molecular weight is 276 g/mol. The minimum absolute atomic E-state index is 0.342. The monoisotopic (exact) mass is 275 g/mol. The number of urea groups is 1. The number of carbonyl (C=O) groups is 1. The molecule has 0 fully saturated rings. The van der Waals surface area contributed by atoms with E-state index in [4.69, 9.17) is 17.3 Å². The zero-order valence-corrected chi connectivity index (χ0v) is 11.2. The highest BCUT2D eigenvalue weighted by atomic mass is 35.5. The van der Waals surface area contributed by atoms with Crippen LogP contribution in [0.2, 0.25) is 5.02 Å². The van der Waals surface area contributed by atoms with Gasteiger partial charge in [0.05, 0.1) is 0 Å². The minimum Gasteiger partial charge on any atom is -0.399 e. The number of hydrogen-bond acceptors (Lipinski definition) is 2. The fourth-order valence-corrected chi connectivity index (χ4v) is 1.76. The molecule has 4 nitrogen and oxygen atoms in total. The lowest BCUT2D eigenvalue weighted by Crippen LogP contribution is -2.19. The molecule has 2 aromatic carbocycles. The minimum atomic E-state index is -0.342. The predicted octanol–water partition coefficient (Wildman–Crippen LogP) is 3.87. The van der Waals surface area contributed by atoms with Crippen molar-refractivity contribution in [1.82, 2.24) is 0 Å². The summed E-state index contributed by atoms with van der Waals surface area (Å²) in [5.41, 5.74) is 8.46. The van der Waals surface area contributed by atoms with Crippen LogP contribution >= 0.6 is 11.6 Å². The summed E-state index contributed by atoms with van der Waals surface area (Å²) in [6, 6.07) is 12.0. The lowest BCUT2D eigenvalue weighted by atomic mass is 10.2. The number of anilines is 3. The van der Waals surface area contributed by atoms with Gasteiger partial charge in [0.2, 0.25) is 0 Å². The van der Waals surface area contributed by atoms with E-state index < -0.39 is 0 Å². The molecule has 2 amide bonds. The van der Waals surface area contributed by atoms with Crippen LogP contribution in [0.15, 0.2) is 42.5 Å². The van der Waals surface area contributed by atoms with Gasteiger partial charge in [-0.15, -0.1) is 0 Å². The number of halogens is 1. The van der Waals surface area contributed by atoms with Crippen LogP contribution < -0.4 is 16.4 Å². The third-order valence-electron chi connectivity index (χ3n) is 2.57. The standard InChI is InChI=1S/C14H14ClN3O/c1-9-5-6-12(8-13(9)15)18-14(19)17-11-4-2-3-10(16)7-11/h2-8H,16H2,1H3,(H2,17,18,19). The van der Waals surface area contributed by atoms with E-state index in [0.717, 1.165) is 5.56 Å². The van der Waals surface area contributed by atoms with Crippen molar-refractivity contribution in [3.8, 4) is 0 Å². The summed E-state index contributed by atoms with van der Waals surface area (Å²) in [7, 11) is 0. The number of aryl methyl sites for hydroxylation is 1. The SMILES string of the molecule is Cc1ccc(NC(=O)Nc2cccc(N)c2)cc1Cl. The average Bonchev–Trinajstić information content (AvgIpc) is 2.34. The molecule has 0 unspecified atom stereocenters. The molecule has 0 saturated heterocycles. The quantitative estimate of drug-likeness (QED) is 0.728. The van der Waals surface area contributed by atoms with Gasteiger partial charge < -0.3 is 16.4 Å². The Bertz CT molecular complexity index is 613. The normalized spacial score (nSPS) is 10.0. The lowest BCUT2D eigenvalue weighted by molar-refractivity contribution is 0.262. The third kappa shape index (κ3) is 3.63. The number of nitrogens with two attached hydrogens (primary N) is 1. The molecule has 4 N–H and O–H groups in total. The van der Waals surface area contributed by atoms with Crippen molar-refractivity contribution < 1.29 is 4.79 Å². The van der Waals surface area contributed by atoms with Crippen LogP contribution in [-0.4, -0.2) is 6.03 Å². The summed E-state index contributed by atoms with van der Waals surface area (Å²) in [5.74, 6) is 0. The third-order valence-corrected chi connectivity index (χ3v) is 2.98. The molecular weight excluding hydrogens is 262 g/mol. The van der Waals surface area contributed by atoms with Crippen LogP contribution in [0.3, 0.4) is 0 Å². The molecular formula is C14H14ClN3O. The second kappa shape index (κ2) is 5.63. The number of amides is 2. The first-order valence-corrected chi connectivity index (χ1v) is 6.12. The van der Waals surface area contributed by atoms with E-state index >= 15 is 0 Å². The Kier molecular flexibility index (Phi) is 3.92. The van der Waals surface area contributed by atoms with Gasteiger partial charge in [-0.2, -0.15) is 0 Å². The van der Waals surface area contributed by atoms with Crippen LogP contribution in [0, 0.1) is 6.92 Å². The smallest absolute Gasteiger partial charge is 0.323 e. The lowest BCUT2D eigenvalue weighted by Gasteiger charge is -2.09. The predicted molar refractivity (Wildman–Crippen MR) is 79.7 cm³/mol. The summed E-state index contributed by atoms with van der Waals surface area (Å²) >= 11 is 5.99. The Labute approximate surface area is 116 Å². The highest BCUT2D eigenvalue weighted by Crippen LogP contribution is 2.20. The molecule has 0 aliphatic heterocycles. The summed E-state index contributed by atoms with van der Waals surface area (Å²) in [4.78, 5) is 11.8. The highest BCUT2D eigenvalue weighted by Gasteiger charge is 2.04. The first-order valence-electron chi connectivity index (χ1n) is 5.74. The maximum atomic E-state index is 11.8. The van der Waals surface area contributed by atoms with Crippen molar-refractivity contribution in [2.75, 3.05) is 16.4 Å². The van der Waals surface area contributed by atoms with Gasteiger partial charge in [0.1, 0.15) is 0 Å². The van der Waals surface area contributed by atoms with Crippen molar-refractivity contribution in [3.63, 3.8) is 0 Å². The Morgan fingerprint density at radius 3 is 2.42 bits per heavy atom. The number of benzene rings is 2. The number of hydrogen-bond donors (Lipinski definition) is 3. The molecule has 0 aromatic heterocycles. The van der Waals surface area contributed by atoms with Gasteiger partial charge in [-0.3, -0.25) is 0 Å². The van der Waals surface area contributed by atoms with Gasteiger partial charge in [0, 0.05) is 22.1 Å². The van der Waals surface area contributed by atoms with Crippen LogP contribution in [-0.2, 0) is 0 Å². The Morgan fingerprint density at radius 2 is 1.79 bits per heavy atom. The maximum absolute atomic E-state index is 11.8. The van der Waals surface area contributed by atoms with E-state index in [1.165, 1.54) is 0 Å². The molecule has 0 aliphatic rings. The first kappa shape index (κ1) is 13.2. The van der Waals surface area contributed by atoms with Crippen molar-refractivity contribution in [3.05, 3.63) is 53.1 Å². The molecule has 98 valence electrons. The van der Waals surface area contributed by atoms with Gasteiger partial charge in [0.15, 0.2) is 0 Å². The molecule has 0 heterocycles. The summed E-state index contributed by atoms with van der Waals surface area (Å²) in [6.07, 6.45) is 0. The second-order valence-corrected chi connectivity index (χ2v) is 4.58. The van der Waals surface area contributed by atoms with E-state index in [9.17, 15) is 4.79 Å². The van der Waals surface area contributed by atoms with Gasteiger partial charge in [-0.25, -0.2) is 4.79 Å². The Hall–Kier alpha value is -2.20. The van der Waals surface area contributed by atoms with Crippen LogP contribution in [0.1, 0.15) is 5.56 Å². The van der Waals surface area contributed by atoms with Crippen LogP contribution in [0.25, 0.3) is 0 Å². The van der Waals surface area contributed by atoms with E-state index in [1.807, 2.05) is 13.0 Å². The van der Waals surface area contributed by atoms with Gasteiger partial charge in [0.25, 0.3) is 0 Å². The second-order valence-electron chi connectivity index (χ2n) is 4.17. The van der Waals surface area contributed by atoms with Crippen molar-refractivity contribution >= 4 is 34.7 Å². The molecule has 0 spiro atoms. The van der Waals surface area contributed by atoms with Crippen molar-refractivity contribution in [2.24, 2.45) is 0 Å². The van der Waals surface area contributed by atoms with Crippen LogP contribution in [0.4, 0.5) is 21.9 Å². The molecule has 0 radical (unpaired) electrons. The maximum Gasteiger partial charge on any atom is 0.323 e. The number of carbonyl (C=O) groups excluding carboxylic acids is 1. The molecule has 0 atom stereocenters. The zero-order valence-electron chi connectivity index (χ0n) is 10.4. The summed E-state index contributed by atoms with van der Waals surface area (Å²) in [5, 5.41) is 6.01. The Morgan fingerprint density at radius 1 is 1.11 bits per heavy atom. The molecule has 19 heavy (non-hydrogen) atoms. The number of nitrogen functional groups attached to an aromatic ring is 1. The molecule has 0 aliphatic carbocycles. The van der Waals surface area contributed by atoms with Crippen molar-refractivity contribution in [2.45, 2.75) is 6.92 Å². The fraction of sp³-hybridized carbons (Fsp3) is 0.0714. The van der Waals surface area contributed by atoms with E-state index in [1.54, 1.807) is 36.4 Å². The van der Waals surface area contributed by atoms with E-state index in [-0.39, 0.29) is 6.03 Å². The molecule has 2 rings (SSSR count). The van der Waals surface area contributed by atoms with E-state index in [2.05, 4.69) is 10.6 Å². The summed E-state index contributed by atoms with van der Waals surface area (Å²) < 4.78 is 0. The molecule has 5 heteroatoms. The van der Waals surface area contributed by atoms with Gasteiger partial charge in [-0.05, 0) is 42.8 Å². The summed E-state index contributed by atoms with van der Waals surface area (Å²) in [6.45, 7) is 1.90. The van der Waals surface area contributed by atoms with Gasteiger partial charge in [-0.1, -0.05) is 23.7 Å². The number of nitrogens with one attached hydrogen (secondary N) is 2.